The molecule has 0 unspecified atom stereocenters. The molecule has 0 fully saturated rings. The summed E-state index contributed by atoms with van der Waals surface area (Å²) in [6, 6.07) is 7.39. The van der Waals surface area contributed by atoms with E-state index >= 15 is 0 Å². The molecule has 0 heterocycles. The zero-order chi connectivity index (χ0) is 14.1. The van der Waals surface area contributed by atoms with E-state index < -0.39 is 0 Å². The van der Waals surface area contributed by atoms with Crippen molar-refractivity contribution < 1.29 is 9.90 Å². The van der Waals surface area contributed by atoms with Gasteiger partial charge in [0, 0.05) is 32.4 Å². The number of unbranched alkanes of at least 4 members (excludes halogenated alkanes) is 2. The van der Waals surface area contributed by atoms with Crippen LogP contribution in [0.25, 0.3) is 0 Å². The maximum Gasteiger partial charge on any atom is 0.321 e. The molecule has 0 aliphatic carbocycles. The Kier molecular flexibility index (Phi) is 6.92. The smallest absolute Gasteiger partial charge is 0.321 e. The molecule has 0 aromatic heterocycles. The monoisotopic (exact) mass is 265 g/mol. The summed E-state index contributed by atoms with van der Waals surface area (Å²) in [5, 5.41) is 11.5. The van der Waals surface area contributed by atoms with Crippen LogP contribution in [0.5, 0.6) is 0 Å². The summed E-state index contributed by atoms with van der Waals surface area (Å²) < 4.78 is 0. The Hall–Kier alpha value is -1.59. The summed E-state index contributed by atoms with van der Waals surface area (Å²) in [6.45, 7) is 1.35. The molecule has 5 nitrogen and oxygen atoms in total. The van der Waals surface area contributed by atoms with E-state index in [2.05, 4.69) is 5.32 Å². The van der Waals surface area contributed by atoms with E-state index in [1.165, 1.54) is 0 Å². The summed E-state index contributed by atoms with van der Waals surface area (Å²) in [5.41, 5.74) is 7.31. The molecule has 0 spiro atoms. The van der Waals surface area contributed by atoms with Gasteiger partial charge in [0.2, 0.25) is 0 Å². The van der Waals surface area contributed by atoms with E-state index in [4.69, 9.17) is 10.8 Å². The van der Waals surface area contributed by atoms with Crippen molar-refractivity contribution in [1.82, 2.24) is 4.90 Å². The van der Waals surface area contributed by atoms with Gasteiger partial charge in [0.25, 0.3) is 0 Å². The SMILES string of the molecule is CN(CCCCCO)C(=O)Nc1cccc(CN)c1. The van der Waals surface area contributed by atoms with Crippen LogP contribution in [0.2, 0.25) is 0 Å². The molecule has 5 heteroatoms. The van der Waals surface area contributed by atoms with Crippen molar-refractivity contribution in [2.45, 2.75) is 25.8 Å². The number of anilines is 1. The summed E-state index contributed by atoms with van der Waals surface area (Å²) in [5.74, 6) is 0. The number of benzene rings is 1. The normalized spacial score (nSPS) is 10.3. The molecule has 0 saturated carbocycles. The van der Waals surface area contributed by atoms with E-state index in [0.29, 0.717) is 13.1 Å². The predicted molar refractivity (Wildman–Crippen MR) is 76.9 cm³/mol. The molecule has 106 valence electrons. The van der Waals surface area contributed by atoms with Crippen molar-refractivity contribution in [3.63, 3.8) is 0 Å². The molecule has 2 amide bonds. The minimum absolute atomic E-state index is 0.127. The Balaban J connectivity index is 2.40. The molecule has 4 N–H and O–H groups in total. The highest BCUT2D eigenvalue weighted by molar-refractivity contribution is 5.89. The molecule has 0 bridgehead atoms. The van der Waals surface area contributed by atoms with Crippen LogP contribution in [0.15, 0.2) is 24.3 Å². The van der Waals surface area contributed by atoms with E-state index in [0.717, 1.165) is 30.5 Å². The third-order valence-corrected chi connectivity index (χ3v) is 2.91. The molecule has 0 radical (unpaired) electrons. The number of carbonyl (C=O) groups excluding carboxylic acids is 1. The second-order valence-electron chi connectivity index (χ2n) is 4.54. The highest BCUT2D eigenvalue weighted by Gasteiger charge is 2.08. The van der Waals surface area contributed by atoms with Crippen LogP contribution >= 0.6 is 0 Å². The maximum atomic E-state index is 11.9. The molecule has 0 aliphatic heterocycles. The van der Waals surface area contributed by atoms with Crippen molar-refractivity contribution in [2.75, 3.05) is 25.5 Å². The van der Waals surface area contributed by atoms with Gasteiger partial charge in [-0.2, -0.15) is 0 Å². The number of nitrogens with zero attached hydrogens (tertiary/aromatic N) is 1. The van der Waals surface area contributed by atoms with Gasteiger partial charge < -0.3 is 21.1 Å². The first-order chi connectivity index (χ1) is 9.17. The summed E-state index contributed by atoms with van der Waals surface area (Å²) in [4.78, 5) is 13.6. The first kappa shape index (κ1) is 15.5. The number of nitrogens with one attached hydrogen (secondary N) is 1. The van der Waals surface area contributed by atoms with E-state index in [-0.39, 0.29) is 12.6 Å². The van der Waals surface area contributed by atoms with Crippen LogP contribution in [0, 0.1) is 0 Å². The van der Waals surface area contributed by atoms with Crippen LogP contribution in [0.1, 0.15) is 24.8 Å². The zero-order valence-electron chi connectivity index (χ0n) is 11.4. The number of carbonyl (C=O) groups is 1. The zero-order valence-corrected chi connectivity index (χ0v) is 11.4. The molecule has 0 atom stereocenters. The van der Waals surface area contributed by atoms with Crippen molar-refractivity contribution in [3.8, 4) is 0 Å². The van der Waals surface area contributed by atoms with Gasteiger partial charge in [-0.05, 0) is 37.0 Å². The fourth-order valence-electron chi connectivity index (χ4n) is 1.73. The molecular formula is C14H23N3O2. The molecule has 0 aliphatic rings. The van der Waals surface area contributed by atoms with Crippen molar-refractivity contribution in [1.29, 1.82) is 0 Å². The van der Waals surface area contributed by atoms with Gasteiger partial charge >= 0.3 is 6.03 Å². The van der Waals surface area contributed by atoms with Crippen LogP contribution in [0.4, 0.5) is 10.5 Å². The van der Waals surface area contributed by atoms with Crippen LogP contribution < -0.4 is 11.1 Å². The lowest BCUT2D eigenvalue weighted by Crippen LogP contribution is -2.32. The quantitative estimate of drug-likeness (QED) is 0.657. The van der Waals surface area contributed by atoms with Crippen LogP contribution in [0.3, 0.4) is 0 Å². The second kappa shape index (κ2) is 8.50. The Morgan fingerprint density at radius 2 is 2.16 bits per heavy atom. The van der Waals surface area contributed by atoms with E-state index in [1.54, 1.807) is 11.9 Å². The molecule has 1 aromatic rings. The number of aliphatic hydroxyl groups excluding tert-OH is 1. The van der Waals surface area contributed by atoms with Gasteiger partial charge in [0.05, 0.1) is 0 Å². The van der Waals surface area contributed by atoms with Gasteiger partial charge in [-0.25, -0.2) is 4.79 Å². The number of hydrogen-bond donors (Lipinski definition) is 3. The minimum Gasteiger partial charge on any atom is -0.396 e. The lowest BCUT2D eigenvalue weighted by molar-refractivity contribution is 0.220. The predicted octanol–water partition coefficient (Wildman–Crippen LogP) is 1.77. The first-order valence-electron chi connectivity index (χ1n) is 6.59. The first-order valence-corrected chi connectivity index (χ1v) is 6.59. The lowest BCUT2D eigenvalue weighted by atomic mass is 10.2. The fraction of sp³-hybridized carbons (Fsp3) is 0.500. The average Bonchev–Trinajstić information content (AvgIpc) is 2.43. The summed E-state index contributed by atoms with van der Waals surface area (Å²) in [6.07, 6.45) is 2.61. The molecule has 19 heavy (non-hydrogen) atoms. The van der Waals surface area contributed by atoms with Gasteiger partial charge in [0.1, 0.15) is 0 Å². The Labute approximate surface area is 114 Å². The van der Waals surface area contributed by atoms with E-state index in [1.807, 2.05) is 24.3 Å². The molecule has 1 aromatic carbocycles. The number of urea groups is 1. The van der Waals surface area contributed by atoms with Crippen LogP contribution in [-0.4, -0.2) is 36.2 Å². The van der Waals surface area contributed by atoms with Crippen molar-refractivity contribution >= 4 is 11.7 Å². The van der Waals surface area contributed by atoms with Gasteiger partial charge in [0.15, 0.2) is 0 Å². The highest BCUT2D eigenvalue weighted by Crippen LogP contribution is 2.11. The number of amides is 2. The molecule has 0 saturated heterocycles. The largest absolute Gasteiger partial charge is 0.396 e. The lowest BCUT2D eigenvalue weighted by Gasteiger charge is -2.18. The van der Waals surface area contributed by atoms with Crippen molar-refractivity contribution in [2.24, 2.45) is 5.73 Å². The Bertz CT molecular complexity index is 396. The van der Waals surface area contributed by atoms with Gasteiger partial charge in [-0.15, -0.1) is 0 Å². The molecule has 1 rings (SSSR count). The minimum atomic E-state index is -0.127. The van der Waals surface area contributed by atoms with Crippen LogP contribution in [-0.2, 0) is 6.54 Å². The van der Waals surface area contributed by atoms with Gasteiger partial charge in [-0.3, -0.25) is 0 Å². The van der Waals surface area contributed by atoms with Crippen molar-refractivity contribution in [3.05, 3.63) is 29.8 Å². The number of hydrogen-bond acceptors (Lipinski definition) is 3. The molecular weight excluding hydrogens is 242 g/mol. The number of rotatable bonds is 7. The van der Waals surface area contributed by atoms with Gasteiger partial charge in [-0.1, -0.05) is 12.1 Å². The number of aliphatic hydroxyl groups is 1. The standard InChI is InChI=1S/C14H23N3O2/c1-17(8-3-2-4-9-18)14(19)16-13-7-5-6-12(10-13)11-15/h5-7,10,18H,2-4,8-9,11,15H2,1H3,(H,16,19). The maximum absolute atomic E-state index is 11.9. The summed E-state index contributed by atoms with van der Waals surface area (Å²) >= 11 is 0. The number of nitrogens with two attached hydrogens (primary N) is 1. The summed E-state index contributed by atoms with van der Waals surface area (Å²) in [7, 11) is 1.76. The average molecular weight is 265 g/mol. The van der Waals surface area contributed by atoms with E-state index in [9.17, 15) is 4.79 Å². The topological polar surface area (TPSA) is 78.6 Å². The Morgan fingerprint density at radius 1 is 1.37 bits per heavy atom. The third-order valence-electron chi connectivity index (χ3n) is 2.91. The second-order valence-corrected chi connectivity index (χ2v) is 4.54. The third kappa shape index (κ3) is 5.72. The highest BCUT2D eigenvalue weighted by atomic mass is 16.2. The Morgan fingerprint density at radius 3 is 2.84 bits per heavy atom. The fourth-order valence-corrected chi connectivity index (χ4v) is 1.73.